The molecule has 1 aliphatic heterocycles. The van der Waals surface area contributed by atoms with Gasteiger partial charge in [-0.1, -0.05) is 77.8 Å². The average Bonchev–Trinajstić information content (AvgIpc) is 3.01. The lowest BCUT2D eigenvalue weighted by molar-refractivity contribution is -0.137. The van der Waals surface area contributed by atoms with Crippen molar-refractivity contribution in [3.63, 3.8) is 0 Å². The van der Waals surface area contributed by atoms with Crippen LogP contribution in [0.2, 0.25) is 10.0 Å². The molecular weight excluding hydrogens is 601 g/mol. The zero-order chi connectivity index (χ0) is 31.2. The lowest BCUT2D eigenvalue weighted by Crippen LogP contribution is -2.53. The van der Waals surface area contributed by atoms with Crippen LogP contribution in [0.1, 0.15) is 71.1 Å². The van der Waals surface area contributed by atoms with Crippen molar-refractivity contribution in [2.75, 3.05) is 13.1 Å². The molecule has 8 nitrogen and oxygen atoms in total. The summed E-state index contributed by atoms with van der Waals surface area (Å²) in [4.78, 5) is 53.8. The molecule has 10 heteroatoms. The Kier molecular flexibility index (Phi) is 10.2. The Balaban J connectivity index is 1.44. The molecule has 1 aliphatic carbocycles. The Morgan fingerprint density at radius 1 is 0.818 bits per heavy atom. The van der Waals surface area contributed by atoms with Crippen molar-refractivity contribution in [2.45, 2.75) is 56.5 Å². The minimum absolute atomic E-state index is 0.0771. The molecule has 0 bridgehead atoms. The van der Waals surface area contributed by atoms with Crippen molar-refractivity contribution in [3.8, 4) is 0 Å². The zero-order valence-electron chi connectivity index (χ0n) is 24.2. The largest absolute Gasteiger partial charge is 0.481 e. The summed E-state index contributed by atoms with van der Waals surface area (Å²) in [7, 11) is 0. The van der Waals surface area contributed by atoms with Crippen molar-refractivity contribution in [3.05, 3.63) is 105 Å². The summed E-state index contributed by atoms with van der Waals surface area (Å²) in [5.74, 6) is -2.53. The molecule has 2 atom stereocenters. The van der Waals surface area contributed by atoms with Crippen molar-refractivity contribution >= 4 is 46.9 Å². The Labute approximate surface area is 266 Å². The SMILES string of the molecule is O=C(O)CCNC(=O)C1CCC(N2C(=O)c3ccccc3[C@@H](C(=O)NCCc3ccccc3)[C@@H]2c2ccc(Cl)cc2Cl)CC1. The number of carbonyl (C=O) groups excluding carboxylic acids is 3. The van der Waals surface area contributed by atoms with E-state index in [2.05, 4.69) is 10.6 Å². The summed E-state index contributed by atoms with van der Waals surface area (Å²) < 4.78 is 0. The molecule has 5 rings (SSSR count). The third-order valence-electron chi connectivity index (χ3n) is 8.59. The monoisotopic (exact) mass is 635 g/mol. The van der Waals surface area contributed by atoms with E-state index in [4.69, 9.17) is 28.3 Å². The zero-order valence-corrected chi connectivity index (χ0v) is 25.7. The van der Waals surface area contributed by atoms with Gasteiger partial charge in [0.15, 0.2) is 0 Å². The van der Waals surface area contributed by atoms with Crippen LogP contribution in [-0.4, -0.2) is 52.8 Å². The van der Waals surface area contributed by atoms with Crippen molar-refractivity contribution in [1.29, 1.82) is 0 Å². The first-order chi connectivity index (χ1) is 21.2. The second-order valence-electron chi connectivity index (χ2n) is 11.4. The topological polar surface area (TPSA) is 116 Å². The van der Waals surface area contributed by atoms with Gasteiger partial charge >= 0.3 is 5.97 Å². The van der Waals surface area contributed by atoms with Crippen molar-refractivity contribution in [2.24, 2.45) is 5.92 Å². The fourth-order valence-electron chi connectivity index (χ4n) is 6.45. The number of fused-ring (bicyclic) bond motifs is 1. The highest BCUT2D eigenvalue weighted by atomic mass is 35.5. The molecule has 0 radical (unpaired) electrons. The Hall–Kier alpha value is -3.88. The average molecular weight is 637 g/mol. The molecule has 0 unspecified atom stereocenters. The van der Waals surface area contributed by atoms with Gasteiger partial charge in [0.05, 0.1) is 18.4 Å². The van der Waals surface area contributed by atoms with Crippen LogP contribution in [-0.2, 0) is 20.8 Å². The summed E-state index contributed by atoms with van der Waals surface area (Å²) in [6, 6.07) is 21.3. The van der Waals surface area contributed by atoms with Crippen LogP contribution < -0.4 is 10.6 Å². The number of carboxylic acid groups (broad SMARTS) is 1. The van der Waals surface area contributed by atoms with Gasteiger partial charge in [0.25, 0.3) is 5.91 Å². The number of hydrogen-bond donors (Lipinski definition) is 3. The molecule has 3 aromatic carbocycles. The van der Waals surface area contributed by atoms with E-state index in [0.717, 1.165) is 5.56 Å². The smallest absolute Gasteiger partial charge is 0.305 e. The highest BCUT2D eigenvalue weighted by Crippen LogP contribution is 2.48. The number of aliphatic carboxylic acids is 1. The summed E-state index contributed by atoms with van der Waals surface area (Å²) in [6.07, 6.45) is 2.69. The number of nitrogens with zero attached hydrogens (tertiary/aromatic N) is 1. The maximum absolute atomic E-state index is 14.3. The molecule has 0 aromatic heterocycles. The fourth-order valence-corrected chi connectivity index (χ4v) is 6.97. The minimum Gasteiger partial charge on any atom is -0.481 e. The van der Waals surface area contributed by atoms with Crippen LogP contribution in [0, 0.1) is 5.92 Å². The molecule has 44 heavy (non-hydrogen) atoms. The van der Waals surface area contributed by atoms with Crippen LogP contribution >= 0.6 is 23.2 Å². The molecule has 2 aliphatic rings. The number of carboxylic acids is 1. The molecule has 1 fully saturated rings. The van der Waals surface area contributed by atoms with Crippen LogP contribution in [0.3, 0.4) is 0 Å². The van der Waals surface area contributed by atoms with Gasteiger partial charge in [-0.05, 0) is 67.0 Å². The molecule has 3 aromatic rings. The number of rotatable bonds is 10. The third-order valence-corrected chi connectivity index (χ3v) is 9.16. The van der Waals surface area contributed by atoms with Gasteiger partial charge in [-0.15, -0.1) is 0 Å². The van der Waals surface area contributed by atoms with E-state index in [1.807, 2.05) is 42.5 Å². The van der Waals surface area contributed by atoms with E-state index in [1.54, 1.807) is 35.2 Å². The first kappa shape index (κ1) is 31.5. The number of benzene rings is 3. The molecular formula is C34H35Cl2N3O5. The Morgan fingerprint density at radius 3 is 2.20 bits per heavy atom. The van der Waals surface area contributed by atoms with Crippen LogP contribution in [0.25, 0.3) is 0 Å². The highest BCUT2D eigenvalue weighted by Gasteiger charge is 2.48. The number of halogens is 2. The van der Waals surface area contributed by atoms with Gasteiger partial charge in [0.2, 0.25) is 11.8 Å². The summed E-state index contributed by atoms with van der Waals surface area (Å²) >= 11 is 13.0. The van der Waals surface area contributed by atoms with Gasteiger partial charge in [0.1, 0.15) is 0 Å². The highest BCUT2D eigenvalue weighted by molar-refractivity contribution is 6.35. The molecule has 0 spiro atoms. The van der Waals surface area contributed by atoms with Gasteiger partial charge in [-0.2, -0.15) is 0 Å². The van der Waals surface area contributed by atoms with Gasteiger partial charge < -0.3 is 20.6 Å². The molecule has 1 heterocycles. The standard InChI is InChI=1S/C34H35Cl2N3O5/c35-23-12-15-27(28(36)20-23)31-30(33(43)38-18-16-21-6-2-1-3-7-21)25-8-4-5-9-26(25)34(44)39(31)24-13-10-22(11-14-24)32(42)37-19-17-29(40)41/h1-9,12,15,20,22,24,30-31H,10-11,13-14,16-19H2,(H,37,42)(H,38,43)(H,40,41)/t22?,24?,30-,31+/m1/s1. The van der Waals surface area contributed by atoms with Crippen LogP contribution in [0.5, 0.6) is 0 Å². The van der Waals surface area contributed by atoms with E-state index in [1.165, 1.54) is 0 Å². The molecule has 0 saturated heterocycles. The predicted octanol–water partition coefficient (Wildman–Crippen LogP) is 5.78. The summed E-state index contributed by atoms with van der Waals surface area (Å²) in [6.45, 7) is 0.506. The first-order valence-corrected chi connectivity index (χ1v) is 15.7. The lowest BCUT2D eigenvalue weighted by Gasteiger charge is -2.47. The summed E-state index contributed by atoms with van der Waals surface area (Å²) in [5.41, 5.74) is 2.87. The van der Waals surface area contributed by atoms with Crippen LogP contribution in [0.4, 0.5) is 0 Å². The predicted molar refractivity (Wildman–Crippen MR) is 169 cm³/mol. The lowest BCUT2D eigenvalue weighted by atomic mass is 9.76. The van der Waals surface area contributed by atoms with E-state index < -0.39 is 17.9 Å². The van der Waals surface area contributed by atoms with E-state index in [-0.39, 0.29) is 42.6 Å². The molecule has 3 amide bonds. The van der Waals surface area contributed by atoms with Crippen LogP contribution in [0.15, 0.2) is 72.8 Å². The number of carbonyl (C=O) groups is 4. The van der Waals surface area contributed by atoms with Gasteiger partial charge in [-0.25, -0.2) is 0 Å². The van der Waals surface area contributed by atoms with Gasteiger partial charge in [-0.3, -0.25) is 19.2 Å². The van der Waals surface area contributed by atoms with E-state index in [0.29, 0.717) is 65.4 Å². The number of hydrogen-bond acceptors (Lipinski definition) is 4. The Bertz CT molecular complexity index is 1520. The number of amides is 3. The first-order valence-electron chi connectivity index (χ1n) is 14.9. The second kappa shape index (κ2) is 14.3. The molecule has 3 N–H and O–H groups in total. The van der Waals surface area contributed by atoms with Crippen molar-refractivity contribution < 1.29 is 24.3 Å². The maximum Gasteiger partial charge on any atom is 0.305 e. The summed E-state index contributed by atoms with van der Waals surface area (Å²) in [5, 5.41) is 15.5. The van der Waals surface area contributed by atoms with Gasteiger partial charge in [0, 0.05) is 40.7 Å². The van der Waals surface area contributed by atoms with E-state index >= 15 is 0 Å². The quantitative estimate of drug-likeness (QED) is 0.261. The minimum atomic E-state index is -0.969. The normalized spacial score (nSPS) is 21.3. The maximum atomic E-state index is 14.3. The van der Waals surface area contributed by atoms with E-state index in [9.17, 15) is 19.2 Å². The second-order valence-corrected chi connectivity index (χ2v) is 12.2. The molecule has 230 valence electrons. The molecule has 1 saturated carbocycles. The fraction of sp³-hybridized carbons (Fsp3) is 0.353. The number of nitrogens with one attached hydrogen (secondary N) is 2. The Morgan fingerprint density at radius 2 is 1.50 bits per heavy atom. The third kappa shape index (κ3) is 7.08. The van der Waals surface area contributed by atoms with Crippen molar-refractivity contribution in [1.82, 2.24) is 15.5 Å².